The predicted molar refractivity (Wildman–Crippen MR) is 136 cm³/mol. The molecule has 1 aromatic carbocycles. The number of carbonyl (C=O) groups excluding carboxylic acids is 2. The lowest BCUT2D eigenvalue weighted by atomic mass is 9.88. The van der Waals surface area contributed by atoms with E-state index in [4.69, 9.17) is 0 Å². The van der Waals surface area contributed by atoms with Crippen LogP contribution in [0.2, 0.25) is 0 Å². The standard InChI is InChI=1S/C26H31N3O2S2/c1-16-11-12-21-22(15-27)26(33-23(21)13-16)29-24(30)17(2)32-20-10-6-9-19(14-20)28-25(31)18-7-4-3-5-8-18/h6,9-10,14,16-18H,3-5,7-8,11-13H2,1-2H3,(H,28,31)(H,29,30). The second-order valence-electron chi connectivity index (χ2n) is 9.27. The van der Waals surface area contributed by atoms with Crippen molar-refractivity contribution in [1.29, 1.82) is 5.26 Å². The molecule has 1 heterocycles. The van der Waals surface area contributed by atoms with Gasteiger partial charge in [0.15, 0.2) is 0 Å². The number of carbonyl (C=O) groups is 2. The van der Waals surface area contributed by atoms with Crippen LogP contribution in [0.25, 0.3) is 0 Å². The maximum atomic E-state index is 12.9. The monoisotopic (exact) mass is 481 g/mol. The van der Waals surface area contributed by atoms with Gasteiger partial charge in [-0.2, -0.15) is 5.26 Å². The lowest BCUT2D eigenvalue weighted by Crippen LogP contribution is -2.24. The Kier molecular flexibility index (Phi) is 7.77. The third-order valence-corrected chi connectivity index (χ3v) is 8.88. The van der Waals surface area contributed by atoms with Crippen LogP contribution in [0, 0.1) is 23.2 Å². The number of rotatable bonds is 6. The van der Waals surface area contributed by atoms with E-state index in [-0.39, 0.29) is 23.0 Å². The van der Waals surface area contributed by atoms with Gasteiger partial charge in [-0.3, -0.25) is 9.59 Å². The van der Waals surface area contributed by atoms with E-state index in [0.29, 0.717) is 16.5 Å². The zero-order valence-electron chi connectivity index (χ0n) is 19.3. The average molecular weight is 482 g/mol. The Balaban J connectivity index is 1.38. The minimum absolute atomic E-state index is 0.0997. The van der Waals surface area contributed by atoms with Crippen LogP contribution in [-0.4, -0.2) is 17.1 Å². The third kappa shape index (κ3) is 5.80. The number of nitriles is 1. The van der Waals surface area contributed by atoms with Crippen LogP contribution in [0.15, 0.2) is 29.2 Å². The van der Waals surface area contributed by atoms with Gasteiger partial charge in [0, 0.05) is 21.4 Å². The van der Waals surface area contributed by atoms with Gasteiger partial charge < -0.3 is 10.6 Å². The Labute approximate surface area is 204 Å². The summed E-state index contributed by atoms with van der Waals surface area (Å²) < 4.78 is 0. The van der Waals surface area contributed by atoms with E-state index in [1.165, 1.54) is 23.1 Å². The number of thiophene rings is 1. The van der Waals surface area contributed by atoms with Crippen LogP contribution in [0.5, 0.6) is 0 Å². The van der Waals surface area contributed by atoms with E-state index in [1.54, 1.807) is 11.3 Å². The third-order valence-electron chi connectivity index (χ3n) is 6.62. The van der Waals surface area contributed by atoms with Gasteiger partial charge >= 0.3 is 0 Å². The van der Waals surface area contributed by atoms with E-state index >= 15 is 0 Å². The molecule has 0 spiro atoms. The molecular formula is C26H31N3O2S2. The first kappa shape index (κ1) is 23.8. The first-order chi connectivity index (χ1) is 15.9. The molecule has 33 heavy (non-hydrogen) atoms. The van der Waals surface area contributed by atoms with E-state index in [1.807, 2.05) is 31.2 Å². The molecule has 2 atom stereocenters. The molecule has 0 radical (unpaired) electrons. The number of nitrogens with zero attached hydrogens (tertiary/aromatic N) is 1. The van der Waals surface area contributed by atoms with Gasteiger partial charge in [-0.15, -0.1) is 23.1 Å². The molecule has 2 unspecified atom stereocenters. The lowest BCUT2D eigenvalue weighted by molar-refractivity contribution is -0.120. The number of hydrogen-bond donors (Lipinski definition) is 2. The molecule has 2 aromatic rings. The maximum Gasteiger partial charge on any atom is 0.238 e. The van der Waals surface area contributed by atoms with Crippen LogP contribution in [0.4, 0.5) is 10.7 Å². The summed E-state index contributed by atoms with van der Waals surface area (Å²) in [7, 11) is 0. The highest BCUT2D eigenvalue weighted by Gasteiger charge is 2.26. The summed E-state index contributed by atoms with van der Waals surface area (Å²) in [4.78, 5) is 27.7. The van der Waals surface area contributed by atoms with Crippen LogP contribution in [0.1, 0.15) is 68.4 Å². The molecule has 1 fully saturated rings. The summed E-state index contributed by atoms with van der Waals surface area (Å²) in [5.41, 5.74) is 2.53. The first-order valence-electron chi connectivity index (χ1n) is 11.9. The second kappa shape index (κ2) is 10.8. The molecule has 2 aliphatic carbocycles. The van der Waals surface area contributed by atoms with Gasteiger partial charge in [-0.1, -0.05) is 32.3 Å². The van der Waals surface area contributed by atoms with Gasteiger partial charge in [0.05, 0.1) is 10.8 Å². The smallest absolute Gasteiger partial charge is 0.238 e. The molecule has 7 heteroatoms. The Hall–Kier alpha value is -2.30. The number of nitrogens with one attached hydrogen (secondary N) is 2. The largest absolute Gasteiger partial charge is 0.326 e. The van der Waals surface area contributed by atoms with Crippen LogP contribution in [0.3, 0.4) is 0 Å². The van der Waals surface area contributed by atoms with Gasteiger partial charge in [0.25, 0.3) is 0 Å². The fraction of sp³-hybridized carbons (Fsp3) is 0.500. The van der Waals surface area contributed by atoms with Gasteiger partial charge in [-0.05, 0) is 68.7 Å². The molecule has 1 saturated carbocycles. The summed E-state index contributed by atoms with van der Waals surface area (Å²) in [6.07, 6.45) is 8.38. The zero-order valence-corrected chi connectivity index (χ0v) is 20.9. The van der Waals surface area contributed by atoms with Crippen LogP contribution < -0.4 is 10.6 Å². The summed E-state index contributed by atoms with van der Waals surface area (Å²) >= 11 is 3.01. The highest BCUT2D eigenvalue weighted by atomic mass is 32.2. The van der Waals surface area contributed by atoms with Crippen molar-refractivity contribution in [3.8, 4) is 6.07 Å². The molecular weight excluding hydrogens is 450 g/mol. The molecule has 5 nitrogen and oxygen atoms in total. The minimum atomic E-state index is -0.334. The van der Waals surface area contributed by atoms with Crippen molar-refractivity contribution in [2.45, 2.75) is 75.4 Å². The summed E-state index contributed by atoms with van der Waals surface area (Å²) in [5, 5.41) is 16.1. The van der Waals surface area contributed by atoms with Crippen molar-refractivity contribution in [1.82, 2.24) is 0 Å². The van der Waals surface area contributed by atoms with E-state index < -0.39 is 0 Å². The molecule has 2 N–H and O–H groups in total. The SMILES string of the molecule is CC1CCc2c(sc(NC(=O)C(C)Sc3cccc(NC(=O)C4CCCCC4)c3)c2C#N)C1. The number of benzene rings is 1. The molecule has 0 saturated heterocycles. The number of fused-ring (bicyclic) bond motifs is 1. The summed E-state index contributed by atoms with van der Waals surface area (Å²) in [6, 6.07) is 10.0. The van der Waals surface area contributed by atoms with Crippen molar-refractivity contribution in [2.24, 2.45) is 11.8 Å². The minimum Gasteiger partial charge on any atom is -0.326 e. The van der Waals surface area contributed by atoms with Crippen LogP contribution in [-0.2, 0) is 22.4 Å². The van der Waals surface area contributed by atoms with Crippen LogP contribution >= 0.6 is 23.1 Å². The molecule has 2 aliphatic rings. The van der Waals surface area contributed by atoms with E-state index in [0.717, 1.165) is 61.1 Å². The Morgan fingerprint density at radius 3 is 2.73 bits per heavy atom. The second-order valence-corrected chi connectivity index (χ2v) is 11.8. The lowest BCUT2D eigenvalue weighted by Gasteiger charge is -2.21. The predicted octanol–water partition coefficient (Wildman–Crippen LogP) is 6.38. The number of thioether (sulfide) groups is 1. The Morgan fingerprint density at radius 1 is 1.18 bits per heavy atom. The van der Waals surface area contributed by atoms with Crippen molar-refractivity contribution >= 4 is 45.6 Å². The molecule has 0 aliphatic heterocycles. The Morgan fingerprint density at radius 2 is 1.97 bits per heavy atom. The Bertz CT molecular complexity index is 1070. The molecule has 1 aromatic heterocycles. The highest BCUT2D eigenvalue weighted by molar-refractivity contribution is 8.00. The van der Waals surface area contributed by atoms with Crippen molar-refractivity contribution in [2.75, 3.05) is 10.6 Å². The van der Waals surface area contributed by atoms with Gasteiger partial charge in [-0.25, -0.2) is 0 Å². The first-order valence-corrected chi connectivity index (χ1v) is 13.6. The number of anilines is 2. The summed E-state index contributed by atoms with van der Waals surface area (Å²) in [5.74, 6) is 0.711. The van der Waals surface area contributed by atoms with Gasteiger partial charge in [0.1, 0.15) is 11.1 Å². The van der Waals surface area contributed by atoms with Gasteiger partial charge in [0.2, 0.25) is 11.8 Å². The topological polar surface area (TPSA) is 82.0 Å². The fourth-order valence-corrected chi connectivity index (χ4v) is 6.98. The molecule has 4 rings (SSSR count). The normalized spacial score (nSPS) is 19.2. The number of amides is 2. The van der Waals surface area contributed by atoms with E-state index in [2.05, 4.69) is 23.6 Å². The highest BCUT2D eigenvalue weighted by Crippen LogP contribution is 2.39. The van der Waals surface area contributed by atoms with Crippen molar-refractivity contribution < 1.29 is 9.59 Å². The van der Waals surface area contributed by atoms with E-state index in [9.17, 15) is 14.9 Å². The maximum absolute atomic E-state index is 12.9. The molecule has 2 amide bonds. The zero-order chi connectivity index (χ0) is 23.4. The van der Waals surface area contributed by atoms with Crippen molar-refractivity contribution in [3.63, 3.8) is 0 Å². The molecule has 0 bridgehead atoms. The average Bonchev–Trinajstić information content (AvgIpc) is 3.15. The quantitative estimate of drug-likeness (QED) is 0.469. The number of hydrogen-bond acceptors (Lipinski definition) is 5. The summed E-state index contributed by atoms with van der Waals surface area (Å²) in [6.45, 7) is 4.10. The molecule has 174 valence electrons. The fourth-order valence-electron chi connectivity index (χ4n) is 4.68. The van der Waals surface area contributed by atoms with Crippen molar-refractivity contribution in [3.05, 3.63) is 40.3 Å².